The zero-order valence-electron chi connectivity index (χ0n) is 10.1. The molecule has 0 radical (unpaired) electrons. The molecule has 5 nitrogen and oxygen atoms in total. The van der Waals surface area contributed by atoms with Crippen LogP contribution >= 0.6 is 0 Å². The van der Waals surface area contributed by atoms with Crippen molar-refractivity contribution in [1.29, 1.82) is 5.26 Å². The molecule has 106 valence electrons. The van der Waals surface area contributed by atoms with E-state index in [1.807, 2.05) is 0 Å². The third-order valence-electron chi connectivity index (χ3n) is 2.69. The summed E-state index contributed by atoms with van der Waals surface area (Å²) >= 11 is 0. The number of nitriles is 1. The number of nitrogens with zero attached hydrogens (tertiary/aromatic N) is 3. The maximum atomic E-state index is 12.6. The quantitative estimate of drug-likeness (QED) is 0.850. The average molecular weight is 303 g/mol. The van der Waals surface area contributed by atoms with E-state index >= 15 is 0 Å². The molecule has 0 aliphatic rings. The largest absolute Gasteiger partial charge is 0.416 e. The summed E-state index contributed by atoms with van der Waals surface area (Å²) < 4.78 is 62.5. The Bertz CT molecular complexity index is 816. The van der Waals surface area contributed by atoms with Gasteiger partial charge in [0.25, 0.3) is 0 Å². The lowest BCUT2D eigenvalue weighted by Crippen LogP contribution is -2.10. The molecule has 0 amide bonds. The number of aromatic nitrogens is 2. The highest BCUT2D eigenvalue weighted by molar-refractivity contribution is 7.91. The topological polar surface area (TPSA) is 75.2 Å². The molecule has 0 aromatic carbocycles. The van der Waals surface area contributed by atoms with Gasteiger partial charge in [-0.3, -0.25) is 4.40 Å². The number of rotatable bonds is 2. The zero-order valence-corrected chi connectivity index (χ0v) is 11.0. The molecule has 2 heterocycles. The maximum absolute atomic E-state index is 12.6. The smallest absolute Gasteiger partial charge is 0.289 e. The fourth-order valence-electron chi connectivity index (χ4n) is 1.71. The van der Waals surface area contributed by atoms with E-state index in [9.17, 15) is 21.6 Å². The number of hydrogen-bond donors (Lipinski definition) is 0. The van der Waals surface area contributed by atoms with Crippen molar-refractivity contribution < 1.29 is 21.6 Å². The monoisotopic (exact) mass is 303 g/mol. The molecule has 2 aromatic heterocycles. The zero-order chi connectivity index (χ0) is 15.1. The lowest BCUT2D eigenvalue weighted by Gasteiger charge is -2.07. The van der Waals surface area contributed by atoms with Crippen LogP contribution in [0.3, 0.4) is 0 Å². The molecule has 9 heteroatoms. The SMILES string of the molecule is CCS(=O)(=O)c1c(C#N)nc2cc(C(F)(F)F)ccn12. The summed E-state index contributed by atoms with van der Waals surface area (Å²) in [6, 6.07) is 3.04. The molecule has 0 aliphatic carbocycles. The maximum Gasteiger partial charge on any atom is 0.416 e. The molecule has 0 saturated heterocycles. The molecule has 2 rings (SSSR count). The minimum atomic E-state index is -4.57. The van der Waals surface area contributed by atoms with Crippen LogP contribution in [0.15, 0.2) is 23.4 Å². The molecule has 0 N–H and O–H groups in total. The summed E-state index contributed by atoms with van der Waals surface area (Å²) in [5.74, 6) is -0.281. The number of halogens is 3. The third kappa shape index (κ3) is 2.22. The highest BCUT2D eigenvalue weighted by Gasteiger charge is 2.32. The Hall–Kier alpha value is -2.08. The molecule has 0 aliphatic heterocycles. The van der Waals surface area contributed by atoms with E-state index in [1.54, 1.807) is 6.07 Å². The number of fused-ring (bicyclic) bond motifs is 1. The van der Waals surface area contributed by atoms with Crippen LogP contribution in [-0.2, 0) is 16.0 Å². The Balaban J connectivity index is 2.82. The fourth-order valence-corrected chi connectivity index (χ4v) is 2.82. The molecule has 0 spiro atoms. The second kappa shape index (κ2) is 4.49. The van der Waals surface area contributed by atoms with E-state index in [-0.39, 0.29) is 16.4 Å². The van der Waals surface area contributed by atoms with Crippen LogP contribution < -0.4 is 0 Å². The standard InChI is InChI=1S/C11H8F3N3O2S/c1-2-20(18,19)10-8(6-15)16-9-5-7(11(12,13)14)3-4-17(9)10/h3-5H,2H2,1H3. The highest BCUT2D eigenvalue weighted by Crippen LogP contribution is 2.30. The predicted molar refractivity (Wildman–Crippen MR) is 62.6 cm³/mol. The first-order valence-corrected chi connectivity index (χ1v) is 7.08. The van der Waals surface area contributed by atoms with E-state index in [4.69, 9.17) is 5.26 Å². The minimum absolute atomic E-state index is 0.233. The normalized spacial score (nSPS) is 12.6. The van der Waals surface area contributed by atoms with E-state index < -0.39 is 27.3 Å². The third-order valence-corrected chi connectivity index (χ3v) is 4.43. The summed E-state index contributed by atoms with van der Waals surface area (Å²) in [6.45, 7) is 1.37. The van der Waals surface area contributed by atoms with E-state index in [0.29, 0.717) is 6.07 Å². The van der Waals surface area contributed by atoms with Gasteiger partial charge < -0.3 is 0 Å². The van der Waals surface area contributed by atoms with Crippen LogP contribution in [0.25, 0.3) is 5.65 Å². The number of sulfone groups is 1. The first-order valence-electron chi connectivity index (χ1n) is 5.43. The molecule has 0 fully saturated rings. The van der Waals surface area contributed by atoms with Gasteiger partial charge >= 0.3 is 6.18 Å². The second-order valence-corrected chi connectivity index (χ2v) is 6.12. The number of pyridine rings is 1. The summed E-state index contributed by atoms with van der Waals surface area (Å²) in [5, 5.41) is 8.51. The van der Waals surface area contributed by atoms with Gasteiger partial charge in [-0.1, -0.05) is 6.92 Å². The molecule has 0 atom stereocenters. The Labute approximate surface area is 112 Å². The second-order valence-electron chi connectivity index (χ2n) is 3.92. The molecule has 0 unspecified atom stereocenters. The Morgan fingerprint density at radius 3 is 2.60 bits per heavy atom. The summed E-state index contributed by atoms with van der Waals surface area (Å²) in [6.07, 6.45) is -3.61. The number of hydrogen-bond acceptors (Lipinski definition) is 4. The molecule has 2 aromatic rings. The van der Waals surface area contributed by atoms with Crippen molar-refractivity contribution in [2.75, 3.05) is 5.75 Å². The van der Waals surface area contributed by atoms with Crippen LogP contribution in [-0.4, -0.2) is 23.6 Å². The first-order chi connectivity index (χ1) is 9.20. The fraction of sp³-hybridized carbons (Fsp3) is 0.273. The van der Waals surface area contributed by atoms with Gasteiger partial charge in [-0.25, -0.2) is 13.4 Å². The lowest BCUT2D eigenvalue weighted by atomic mass is 10.2. The van der Waals surface area contributed by atoms with Crippen LogP contribution in [0, 0.1) is 11.3 Å². The molecular formula is C11H8F3N3O2S. The van der Waals surface area contributed by atoms with Crippen LogP contribution in [0.2, 0.25) is 0 Å². The van der Waals surface area contributed by atoms with Gasteiger partial charge in [-0.2, -0.15) is 18.4 Å². The highest BCUT2D eigenvalue weighted by atomic mass is 32.2. The Morgan fingerprint density at radius 1 is 1.45 bits per heavy atom. The van der Waals surface area contributed by atoms with Gasteiger partial charge in [0.05, 0.1) is 11.3 Å². The lowest BCUT2D eigenvalue weighted by molar-refractivity contribution is -0.137. The van der Waals surface area contributed by atoms with Gasteiger partial charge in [0.1, 0.15) is 11.7 Å². The van der Waals surface area contributed by atoms with Crippen molar-refractivity contribution in [3.05, 3.63) is 29.6 Å². The van der Waals surface area contributed by atoms with Gasteiger partial charge in [0, 0.05) is 6.20 Å². The van der Waals surface area contributed by atoms with Crippen LogP contribution in [0.5, 0.6) is 0 Å². The van der Waals surface area contributed by atoms with Gasteiger partial charge in [0.2, 0.25) is 0 Å². The average Bonchev–Trinajstić information content (AvgIpc) is 2.75. The predicted octanol–water partition coefficient (Wildman–Crippen LogP) is 2.02. The first kappa shape index (κ1) is 14.3. The number of alkyl halides is 3. The van der Waals surface area contributed by atoms with Crippen molar-refractivity contribution in [2.45, 2.75) is 18.1 Å². The van der Waals surface area contributed by atoms with Crippen molar-refractivity contribution in [3.63, 3.8) is 0 Å². The van der Waals surface area contributed by atoms with Gasteiger partial charge in [-0.15, -0.1) is 0 Å². The van der Waals surface area contributed by atoms with Crippen LogP contribution in [0.4, 0.5) is 13.2 Å². The van der Waals surface area contributed by atoms with E-state index in [2.05, 4.69) is 4.98 Å². The van der Waals surface area contributed by atoms with Crippen molar-refractivity contribution >= 4 is 15.5 Å². The summed E-state index contributed by atoms with van der Waals surface area (Å²) in [7, 11) is -3.78. The Kier molecular flexibility index (Phi) is 3.21. The van der Waals surface area contributed by atoms with Crippen LogP contribution in [0.1, 0.15) is 18.2 Å². The van der Waals surface area contributed by atoms with Crippen molar-refractivity contribution in [1.82, 2.24) is 9.38 Å². The molecule has 0 bridgehead atoms. The van der Waals surface area contributed by atoms with Crippen molar-refractivity contribution in [3.8, 4) is 6.07 Å². The van der Waals surface area contributed by atoms with E-state index in [0.717, 1.165) is 16.7 Å². The van der Waals surface area contributed by atoms with Gasteiger partial charge in [-0.05, 0) is 12.1 Å². The minimum Gasteiger partial charge on any atom is -0.289 e. The molecule has 0 saturated carbocycles. The summed E-state index contributed by atoms with van der Waals surface area (Å²) in [4.78, 5) is 3.64. The van der Waals surface area contributed by atoms with Crippen molar-refractivity contribution in [2.24, 2.45) is 0 Å². The van der Waals surface area contributed by atoms with Gasteiger partial charge in [0.15, 0.2) is 20.6 Å². The number of imidazole rings is 1. The molecular weight excluding hydrogens is 295 g/mol. The van der Waals surface area contributed by atoms with E-state index in [1.165, 1.54) is 6.92 Å². The molecule has 20 heavy (non-hydrogen) atoms. The Morgan fingerprint density at radius 2 is 2.10 bits per heavy atom. The summed E-state index contributed by atoms with van der Waals surface area (Å²) in [5.41, 5.74) is -1.60.